The number of amides is 1. The highest BCUT2D eigenvalue weighted by molar-refractivity contribution is 5.77. The highest BCUT2D eigenvalue weighted by atomic mass is 16.1. The monoisotopic (exact) mass is 249 g/mol. The molecule has 100 valence electrons. The number of nitrogens with one attached hydrogen (secondary N) is 2. The molecule has 18 heavy (non-hydrogen) atoms. The van der Waals surface area contributed by atoms with Gasteiger partial charge in [0, 0.05) is 31.2 Å². The van der Waals surface area contributed by atoms with Crippen molar-refractivity contribution in [3.8, 4) is 0 Å². The van der Waals surface area contributed by atoms with Crippen molar-refractivity contribution in [2.75, 3.05) is 18.4 Å². The quantitative estimate of drug-likeness (QED) is 0.688. The minimum atomic E-state index is -0.0244. The largest absolute Gasteiger partial charge is 0.381 e. The number of anilines is 1. The zero-order valence-electron chi connectivity index (χ0n) is 11.2. The summed E-state index contributed by atoms with van der Waals surface area (Å²) in [6.07, 6.45) is 1.36. The molecule has 0 aliphatic rings. The molecule has 0 heterocycles. The standard InChI is InChI=1S/C14H23N3O/c1-3-7-16-14(18)9-13(10-15)17-12-6-4-5-11(2)8-12/h4-6,8,13,17H,3,7,9-10,15H2,1-2H3,(H,16,18). The lowest BCUT2D eigenvalue weighted by Crippen LogP contribution is -2.36. The Morgan fingerprint density at radius 3 is 2.83 bits per heavy atom. The fraction of sp³-hybridized carbons (Fsp3) is 0.500. The lowest BCUT2D eigenvalue weighted by Gasteiger charge is -2.18. The van der Waals surface area contributed by atoms with Crippen LogP contribution in [0.25, 0.3) is 0 Å². The Kier molecular flexibility index (Phi) is 6.22. The average molecular weight is 249 g/mol. The van der Waals surface area contributed by atoms with Gasteiger partial charge in [0.2, 0.25) is 5.91 Å². The van der Waals surface area contributed by atoms with Gasteiger partial charge in [-0.2, -0.15) is 0 Å². The lowest BCUT2D eigenvalue weighted by molar-refractivity contribution is -0.121. The van der Waals surface area contributed by atoms with Crippen molar-refractivity contribution >= 4 is 11.6 Å². The first-order valence-electron chi connectivity index (χ1n) is 6.45. The SMILES string of the molecule is CCCNC(=O)CC(CN)Nc1cccc(C)c1. The van der Waals surface area contributed by atoms with Crippen LogP contribution < -0.4 is 16.4 Å². The van der Waals surface area contributed by atoms with Gasteiger partial charge >= 0.3 is 0 Å². The van der Waals surface area contributed by atoms with Gasteiger partial charge in [-0.15, -0.1) is 0 Å². The third-order valence-electron chi connectivity index (χ3n) is 2.68. The van der Waals surface area contributed by atoms with Crippen LogP contribution in [0.2, 0.25) is 0 Å². The number of carbonyl (C=O) groups excluding carboxylic acids is 1. The molecule has 0 spiro atoms. The maximum absolute atomic E-state index is 11.6. The molecule has 0 saturated heterocycles. The molecule has 1 rings (SSSR count). The second-order valence-electron chi connectivity index (χ2n) is 4.50. The van der Waals surface area contributed by atoms with Crippen LogP contribution in [0.3, 0.4) is 0 Å². The Balaban J connectivity index is 2.49. The third kappa shape index (κ3) is 5.19. The Morgan fingerprint density at radius 2 is 2.22 bits per heavy atom. The molecule has 1 amide bonds. The van der Waals surface area contributed by atoms with E-state index in [1.54, 1.807) is 0 Å². The molecular weight excluding hydrogens is 226 g/mol. The van der Waals surface area contributed by atoms with Crippen LogP contribution in [0.15, 0.2) is 24.3 Å². The summed E-state index contributed by atoms with van der Waals surface area (Å²) < 4.78 is 0. The van der Waals surface area contributed by atoms with Gasteiger partial charge in [0.1, 0.15) is 0 Å². The molecule has 4 heteroatoms. The van der Waals surface area contributed by atoms with Gasteiger partial charge in [0.05, 0.1) is 0 Å². The summed E-state index contributed by atoms with van der Waals surface area (Å²) in [6.45, 7) is 5.23. The fourth-order valence-corrected chi connectivity index (χ4v) is 1.72. The molecule has 4 nitrogen and oxygen atoms in total. The maximum atomic E-state index is 11.6. The van der Waals surface area contributed by atoms with Crippen LogP contribution in [0, 0.1) is 6.92 Å². The molecule has 4 N–H and O–H groups in total. The van der Waals surface area contributed by atoms with Gasteiger partial charge in [-0.05, 0) is 31.0 Å². The van der Waals surface area contributed by atoms with E-state index in [0.29, 0.717) is 13.0 Å². The van der Waals surface area contributed by atoms with E-state index >= 15 is 0 Å². The zero-order valence-corrected chi connectivity index (χ0v) is 11.2. The van der Waals surface area contributed by atoms with Crippen molar-refractivity contribution in [1.82, 2.24) is 5.32 Å². The first-order chi connectivity index (χ1) is 8.65. The summed E-state index contributed by atoms with van der Waals surface area (Å²) in [5.41, 5.74) is 7.89. The average Bonchev–Trinajstić information content (AvgIpc) is 2.35. The second-order valence-corrected chi connectivity index (χ2v) is 4.50. The normalized spacial score (nSPS) is 11.9. The highest BCUT2D eigenvalue weighted by Gasteiger charge is 2.11. The number of aryl methyl sites for hydroxylation is 1. The summed E-state index contributed by atoms with van der Waals surface area (Å²) in [5.74, 6) is 0.0486. The molecule has 0 aliphatic heterocycles. The third-order valence-corrected chi connectivity index (χ3v) is 2.68. The molecule has 1 aromatic carbocycles. The first kappa shape index (κ1) is 14.5. The number of benzene rings is 1. The van der Waals surface area contributed by atoms with Crippen LogP contribution in [-0.4, -0.2) is 25.0 Å². The molecular formula is C14H23N3O. The topological polar surface area (TPSA) is 67.2 Å². The molecule has 0 saturated carbocycles. The van der Waals surface area contributed by atoms with Gasteiger partial charge in [-0.1, -0.05) is 19.1 Å². The van der Waals surface area contributed by atoms with Crippen LogP contribution in [-0.2, 0) is 4.79 Å². The minimum Gasteiger partial charge on any atom is -0.381 e. The molecule has 0 bridgehead atoms. The van der Waals surface area contributed by atoms with E-state index in [0.717, 1.165) is 18.7 Å². The number of nitrogens with two attached hydrogens (primary N) is 1. The summed E-state index contributed by atoms with van der Waals surface area (Å²) in [6, 6.07) is 8.04. The lowest BCUT2D eigenvalue weighted by atomic mass is 10.1. The van der Waals surface area contributed by atoms with Crippen molar-refractivity contribution in [3.05, 3.63) is 29.8 Å². The van der Waals surface area contributed by atoms with E-state index < -0.39 is 0 Å². The second kappa shape index (κ2) is 7.71. The summed E-state index contributed by atoms with van der Waals surface area (Å²) in [7, 11) is 0. The van der Waals surface area contributed by atoms with Gasteiger partial charge in [-0.25, -0.2) is 0 Å². The molecule has 0 aromatic heterocycles. The van der Waals surface area contributed by atoms with Crippen molar-refractivity contribution in [2.24, 2.45) is 5.73 Å². The summed E-state index contributed by atoms with van der Waals surface area (Å²) in [5, 5.41) is 6.15. The van der Waals surface area contributed by atoms with Crippen LogP contribution in [0.4, 0.5) is 5.69 Å². The number of hydrogen-bond acceptors (Lipinski definition) is 3. The van der Waals surface area contributed by atoms with E-state index in [1.165, 1.54) is 5.56 Å². The Morgan fingerprint density at radius 1 is 1.44 bits per heavy atom. The number of carbonyl (C=O) groups is 1. The van der Waals surface area contributed by atoms with Crippen molar-refractivity contribution in [2.45, 2.75) is 32.7 Å². The van der Waals surface area contributed by atoms with E-state index in [2.05, 4.69) is 10.6 Å². The van der Waals surface area contributed by atoms with E-state index in [9.17, 15) is 4.79 Å². The molecule has 1 atom stereocenters. The Bertz CT molecular complexity index is 379. The molecule has 0 aliphatic carbocycles. The summed E-state index contributed by atoms with van der Waals surface area (Å²) >= 11 is 0. The van der Waals surface area contributed by atoms with Crippen LogP contribution in [0.1, 0.15) is 25.3 Å². The zero-order chi connectivity index (χ0) is 13.4. The molecule has 1 unspecified atom stereocenters. The molecule has 0 radical (unpaired) electrons. The van der Waals surface area contributed by atoms with Crippen molar-refractivity contribution < 1.29 is 4.79 Å². The van der Waals surface area contributed by atoms with Gasteiger partial charge < -0.3 is 16.4 Å². The number of hydrogen-bond donors (Lipinski definition) is 3. The predicted molar refractivity (Wildman–Crippen MR) is 75.6 cm³/mol. The van der Waals surface area contributed by atoms with E-state index in [4.69, 9.17) is 5.73 Å². The van der Waals surface area contributed by atoms with Gasteiger partial charge in [0.25, 0.3) is 0 Å². The Labute approximate surface area is 109 Å². The van der Waals surface area contributed by atoms with Gasteiger partial charge in [-0.3, -0.25) is 4.79 Å². The molecule has 1 aromatic rings. The number of rotatable bonds is 7. The van der Waals surface area contributed by atoms with E-state index in [-0.39, 0.29) is 11.9 Å². The predicted octanol–water partition coefficient (Wildman–Crippen LogP) is 1.65. The van der Waals surface area contributed by atoms with E-state index in [1.807, 2.05) is 38.1 Å². The van der Waals surface area contributed by atoms with Crippen molar-refractivity contribution in [3.63, 3.8) is 0 Å². The minimum absolute atomic E-state index is 0.0244. The van der Waals surface area contributed by atoms with Crippen LogP contribution in [0.5, 0.6) is 0 Å². The van der Waals surface area contributed by atoms with Gasteiger partial charge in [0.15, 0.2) is 0 Å². The molecule has 0 fully saturated rings. The first-order valence-corrected chi connectivity index (χ1v) is 6.45. The highest BCUT2D eigenvalue weighted by Crippen LogP contribution is 2.11. The van der Waals surface area contributed by atoms with Crippen molar-refractivity contribution in [1.29, 1.82) is 0 Å². The summed E-state index contributed by atoms with van der Waals surface area (Å²) in [4.78, 5) is 11.6. The fourth-order valence-electron chi connectivity index (χ4n) is 1.72. The smallest absolute Gasteiger partial charge is 0.222 e. The maximum Gasteiger partial charge on any atom is 0.222 e. The Hall–Kier alpha value is -1.55. The van der Waals surface area contributed by atoms with Crippen LogP contribution >= 0.6 is 0 Å².